The van der Waals surface area contributed by atoms with E-state index in [4.69, 9.17) is 10.5 Å². The molecule has 0 spiro atoms. The van der Waals surface area contributed by atoms with E-state index < -0.39 is 66.7 Å². The molecule has 0 unspecified atom stereocenters. The van der Waals surface area contributed by atoms with Crippen molar-refractivity contribution in [3.05, 3.63) is 101 Å². The Kier molecular flexibility index (Phi) is 17.3. The van der Waals surface area contributed by atoms with Crippen LogP contribution < -0.4 is 15.8 Å². The Balaban J connectivity index is 0.00000833. The van der Waals surface area contributed by atoms with Crippen LogP contribution in [0.5, 0.6) is 0 Å². The van der Waals surface area contributed by atoms with Gasteiger partial charge in [-0.1, -0.05) is 76.1 Å². The number of aryl methyl sites for hydroxylation is 1. The van der Waals surface area contributed by atoms with Crippen molar-refractivity contribution in [2.75, 3.05) is 12.3 Å². The molecule has 3 aromatic carbocycles. The van der Waals surface area contributed by atoms with Crippen LogP contribution in [0.1, 0.15) is 63.1 Å². The average molecular weight is 744 g/mol. The zero-order valence-electron chi connectivity index (χ0n) is 28.1. The number of benzene rings is 3. The lowest BCUT2D eigenvalue weighted by atomic mass is 10.0. The van der Waals surface area contributed by atoms with E-state index in [1.54, 1.807) is 6.07 Å². The summed E-state index contributed by atoms with van der Waals surface area (Å²) in [6.45, 7) is 6.09. The molecule has 272 valence electrons. The first-order valence-corrected chi connectivity index (χ1v) is 19.5. The minimum atomic E-state index is -4.35. The number of sulfonamides is 1. The Morgan fingerprint density at radius 3 is 2.04 bits per heavy atom. The van der Waals surface area contributed by atoms with Crippen molar-refractivity contribution < 1.29 is 35.1 Å². The van der Waals surface area contributed by atoms with Gasteiger partial charge >= 0.3 is 5.97 Å². The molecule has 0 aromatic heterocycles. The number of esters is 1. The molecule has 0 aliphatic carbocycles. The highest BCUT2D eigenvalue weighted by Gasteiger charge is 2.37. The summed E-state index contributed by atoms with van der Waals surface area (Å²) in [4.78, 5) is 13.7. The topological polar surface area (TPSA) is 145 Å². The van der Waals surface area contributed by atoms with Crippen LogP contribution in [0.3, 0.4) is 0 Å². The molecule has 0 saturated heterocycles. The Labute approximate surface area is 295 Å². The number of nitrogens with one attached hydrogen (secondary N) is 2. The summed E-state index contributed by atoms with van der Waals surface area (Å²) < 4.78 is 89.9. The second-order valence-corrected chi connectivity index (χ2v) is 16.0. The van der Waals surface area contributed by atoms with Crippen LogP contribution >= 0.6 is 12.4 Å². The van der Waals surface area contributed by atoms with E-state index in [0.717, 1.165) is 35.7 Å². The molecule has 14 heteroatoms. The van der Waals surface area contributed by atoms with Crippen LogP contribution in [0.4, 0.5) is 8.78 Å². The van der Waals surface area contributed by atoms with Crippen molar-refractivity contribution in [1.29, 1.82) is 0 Å². The van der Waals surface area contributed by atoms with Gasteiger partial charge in [0.2, 0.25) is 10.0 Å². The zero-order chi connectivity index (χ0) is 35.3. The molecule has 49 heavy (non-hydrogen) atoms. The van der Waals surface area contributed by atoms with Crippen LogP contribution in [0, 0.1) is 11.6 Å². The third-order valence-electron chi connectivity index (χ3n) is 7.98. The molecule has 3 rings (SSSR count). The Morgan fingerprint density at radius 2 is 1.45 bits per heavy atom. The van der Waals surface area contributed by atoms with Crippen LogP contribution in [0.2, 0.25) is 0 Å². The molecule has 0 saturated carbocycles. The van der Waals surface area contributed by atoms with Crippen molar-refractivity contribution in [2.45, 2.75) is 94.2 Å². The smallest absolute Gasteiger partial charge is 0.325 e. The summed E-state index contributed by atoms with van der Waals surface area (Å²) in [6.07, 6.45) is 1.48. The number of carbonyl (C=O) groups excluding carboxylic acids is 1. The lowest BCUT2D eigenvalue weighted by molar-refractivity contribution is -0.151. The minimum absolute atomic E-state index is 0. The summed E-state index contributed by atoms with van der Waals surface area (Å²) in [5, 5.41) is 2.43. The first-order valence-electron chi connectivity index (χ1n) is 16.3. The fraction of sp³-hybridized carbons (Fsp3) is 0.457. The Bertz CT molecular complexity index is 1670. The predicted molar refractivity (Wildman–Crippen MR) is 191 cm³/mol. The fourth-order valence-corrected chi connectivity index (χ4v) is 8.94. The van der Waals surface area contributed by atoms with Gasteiger partial charge in [-0.3, -0.25) is 4.79 Å². The highest BCUT2D eigenvalue weighted by Crippen LogP contribution is 2.19. The van der Waals surface area contributed by atoms with Gasteiger partial charge in [0.15, 0.2) is 9.84 Å². The van der Waals surface area contributed by atoms with E-state index in [9.17, 15) is 30.4 Å². The first-order chi connectivity index (χ1) is 22.8. The van der Waals surface area contributed by atoms with E-state index in [2.05, 4.69) is 10.0 Å². The largest absolute Gasteiger partial charge is 0.458 e. The highest BCUT2D eigenvalue weighted by molar-refractivity contribution is 7.92. The lowest BCUT2D eigenvalue weighted by Gasteiger charge is -2.28. The van der Waals surface area contributed by atoms with Crippen LogP contribution in [0.15, 0.2) is 77.7 Å². The molecular formula is C35H48ClF2N3O6S2. The molecular weight excluding hydrogens is 696 g/mol. The third-order valence-corrected chi connectivity index (χ3v) is 11.7. The number of sulfone groups is 1. The molecule has 3 aromatic rings. The molecule has 3 atom stereocenters. The molecule has 0 radical (unpaired) electrons. The van der Waals surface area contributed by atoms with Crippen LogP contribution in [-0.2, 0) is 48.8 Å². The lowest BCUT2D eigenvalue weighted by Crippen LogP contribution is -2.52. The number of carbonyl (C=O) groups is 1. The van der Waals surface area contributed by atoms with E-state index in [0.29, 0.717) is 32.2 Å². The predicted octanol–water partition coefficient (Wildman–Crippen LogP) is 5.25. The molecule has 4 N–H and O–H groups in total. The van der Waals surface area contributed by atoms with Crippen molar-refractivity contribution in [3.8, 4) is 0 Å². The quantitative estimate of drug-likeness (QED) is 0.133. The number of halogens is 3. The van der Waals surface area contributed by atoms with Gasteiger partial charge in [0.05, 0.1) is 15.9 Å². The van der Waals surface area contributed by atoms with Crippen molar-refractivity contribution in [2.24, 2.45) is 5.73 Å². The number of ether oxygens (including phenoxy) is 1. The first kappa shape index (κ1) is 42.2. The van der Waals surface area contributed by atoms with Gasteiger partial charge in [-0.05, 0) is 66.6 Å². The van der Waals surface area contributed by atoms with E-state index in [-0.39, 0.29) is 35.8 Å². The van der Waals surface area contributed by atoms with Gasteiger partial charge in [0, 0.05) is 25.2 Å². The summed E-state index contributed by atoms with van der Waals surface area (Å²) in [5.41, 5.74) is 8.78. The van der Waals surface area contributed by atoms with Crippen molar-refractivity contribution in [1.82, 2.24) is 10.0 Å². The van der Waals surface area contributed by atoms with Crippen LogP contribution in [-0.4, -0.2) is 58.5 Å². The second-order valence-electron chi connectivity index (χ2n) is 11.9. The zero-order valence-corrected chi connectivity index (χ0v) is 30.6. The molecule has 0 amide bonds. The fourth-order valence-electron chi connectivity index (χ4n) is 5.48. The summed E-state index contributed by atoms with van der Waals surface area (Å²) in [5.74, 6) is -3.55. The monoisotopic (exact) mass is 743 g/mol. The van der Waals surface area contributed by atoms with Gasteiger partial charge in [-0.25, -0.2) is 25.6 Å². The van der Waals surface area contributed by atoms with Gasteiger partial charge in [0.1, 0.15) is 23.8 Å². The standard InChI is InChI=1S/C35H47F2N3O6S2.ClH/c1-4-11-30(12-5-2)47(42,43)24-33(40-48(44,45)31-15-8-7-9-16-31)35(41)46-34(23-39-22-26-14-10-13-25(6-3)17-26)32(38)20-27-18-28(36)21-29(37)19-27;/h7-10,13-19,21,30,32-34,39-40H,4-6,11-12,20,22-24,38H2,1-3H3;1H/t32-,33-,34+;/m0./s1. The Morgan fingerprint density at radius 1 is 0.837 bits per heavy atom. The van der Waals surface area contributed by atoms with E-state index in [1.165, 1.54) is 24.3 Å². The summed E-state index contributed by atoms with van der Waals surface area (Å²) >= 11 is 0. The van der Waals surface area contributed by atoms with E-state index in [1.807, 2.05) is 45.0 Å². The number of nitrogens with two attached hydrogens (primary N) is 1. The molecule has 0 bridgehead atoms. The maximum atomic E-state index is 14.0. The van der Waals surface area contributed by atoms with Crippen molar-refractivity contribution in [3.63, 3.8) is 0 Å². The second kappa shape index (κ2) is 20.0. The number of rotatable bonds is 20. The van der Waals surface area contributed by atoms with E-state index >= 15 is 0 Å². The van der Waals surface area contributed by atoms with Crippen molar-refractivity contribution >= 4 is 38.2 Å². The van der Waals surface area contributed by atoms with Gasteiger partial charge in [0.25, 0.3) is 0 Å². The minimum Gasteiger partial charge on any atom is -0.458 e. The van der Waals surface area contributed by atoms with Gasteiger partial charge in [-0.15, -0.1) is 12.4 Å². The molecule has 9 nitrogen and oxygen atoms in total. The molecule has 0 aliphatic heterocycles. The number of hydrogen-bond donors (Lipinski definition) is 3. The maximum Gasteiger partial charge on any atom is 0.325 e. The normalized spacial score (nSPS) is 13.8. The molecule has 0 aliphatic rings. The molecule has 0 heterocycles. The third kappa shape index (κ3) is 13.4. The van der Waals surface area contributed by atoms with Crippen LogP contribution in [0.25, 0.3) is 0 Å². The van der Waals surface area contributed by atoms with Gasteiger partial charge in [-0.2, -0.15) is 4.72 Å². The average Bonchev–Trinajstić information content (AvgIpc) is 3.03. The summed E-state index contributed by atoms with van der Waals surface area (Å²) in [6, 6.07) is 15.3. The Hall–Kier alpha value is -2.94. The molecule has 0 fully saturated rings. The maximum absolute atomic E-state index is 14.0. The number of hydrogen-bond acceptors (Lipinski definition) is 8. The summed E-state index contributed by atoms with van der Waals surface area (Å²) in [7, 11) is -8.32. The SMILES string of the molecule is CCCC(CCC)S(=O)(=O)C[C@H](NS(=O)(=O)c1ccccc1)C(=O)O[C@H](CNCc1cccc(CC)c1)[C@@H](N)Cc1cc(F)cc(F)c1.Cl. The van der Waals surface area contributed by atoms with Gasteiger partial charge < -0.3 is 15.8 Å². The highest BCUT2D eigenvalue weighted by atomic mass is 35.5.